The second kappa shape index (κ2) is 7.93. The van der Waals surface area contributed by atoms with E-state index in [0.717, 1.165) is 42.4 Å². The molecule has 0 aliphatic carbocycles. The number of rotatable bonds is 6. The molecule has 4 heterocycles. The minimum absolute atomic E-state index is 0.316. The minimum atomic E-state index is 0.316. The van der Waals surface area contributed by atoms with Gasteiger partial charge in [0.1, 0.15) is 17.5 Å². The molecule has 1 aliphatic rings. The third-order valence-corrected chi connectivity index (χ3v) is 4.85. The number of hydrogen-bond acceptors (Lipinski definition) is 7. The first-order valence-electron chi connectivity index (χ1n) is 9.50. The van der Waals surface area contributed by atoms with Crippen LogP contribution in [0, 0.1) is 13.8 Å². The van der Waals surface area contributed by atoms with Gasteiger partial charge in [-0.3, -0.25) is 0 Å². The summed E-state index contributed by atoms with van der Waals surface area (Å²) in [5, 5.41) is 7.85. The molecule has 1 saturated heterocycles. The van der Waals surface area contributed by atoms with Crippen molar-refractivity contribution in [2.75, 3.05) is 30.5 Å². The van der Waals surface area contributed by atoms with Crippen molar-refractivity contribution in [2.24, 2.45) is 0 Å². The van der Waals surface area contributed by atoms with Crippen LogP contribution in [0.1, 0.15) is 24.2 Å². The number of nitrogens with zero attached hydrogens (tertiary/aromatic N) is 6. The highest BCUT2D eigenvalue weighted by atomic mass is 16.5. The molecule has 146 valence electrons. The van der Waals surface area contributed by atoms with E-state index < -0.39 is 0 Å². The van der Waals surface area contributed by atoms with Gasteiger partial charge in [-0.25, -0.2) is 9.67 Å². The number of anilines is 3. The quantitative estimate of drug-likeness (QED) is 0.705. The van der Waals surface area contributed by atoms with Gasteiger partial charge in [0.05, 0.1) is 18.3 Å². The maximum Gasteiger partial charge on any atom is 0.254 e. The summed E-state index contributed by atoms with van der Waals surface area (Å²) in [6.07, 6.45) is 3.97. The van der Waals surface area contributed by atoms with Crippen LogP contribution in [-0.4, -0.2) is 51.0 Å². The molecule has 8 heteroatoms. The van der Waals surface area contributed by atoms with Crippen molar-refractivity contribution in [3.8, 4) is 5.95 Å². The van der Waals surface area contributed by atoms with Gasteiger partial charge in [-0.15, -0.1) is 0 Å². The molecule has 3 aromatic heterocycles. The molecule has 8 nitrogen and oxygen atoms in total. The average Bonchev–Trinajstić information content (AvgIpc) is 3.28. The Bertz CT molecular complexity index is 941. The summed E-state index contributed by atoms with van der Waals surface area (Å²) in [5.41, 5.74) is 1.93. The van der Waals surface area contributed by atoms with Gasteiger partial charge >= 0.3 is 0 Å². The number of aromatic nitrogens is 5. The predicted octanol–water partition coefficient (Wildman–Crippen LogP) is 3.03. The van der Waals surface area contributed by atoms with E-state index in [0.29, 0.717) is 24.4 Å². The van der Waals surface area contributed by atoms with Crippen LogP contribution in [-0.2, 0) is 4.74 Å². The van der Waals surface area contributed by atoms with E-state index in [1.807, 2.05) is 44.2 Å². The van der Waals surface area contributed by atoms with Crippen molar-refractivity contribution < 1.29 is 4.74 Å². The molecule has 1 N–H and O–H groups in total. The van der Waals surface area contributed by atoms with E-state index in [1.165, 1.54) is 0 Å². The molecule has 0 radical (unpaired) electrons. The lowest BCUT2D eigenvalue weighted by Gasteiger charge is -2.26. The van der Waals surface area contributed by atoms with Crippen molar-refractivity contribution in [1.29, 1.82) is 0 Å². The van der Waals surface area contributed by atoms with Gasteiger partial charge < -0.3 is 15.0 Å². The van der Waals surface area contributed by atoms with Crippen molar-refractivity contribution in [3.63, 3.8) is 0 Å². The molecular formula is C20H25N7O. The van der Waals surface area contributed by atoms with E-state index in [4.69, 9.17) is 14.7 Å². The fourth-order valence-corrected chi connectivity index (χ4v) is 3.63. The molecule has 0 aromatic carbocycles. The van der Waals surface area contributed by atoms with Gasteiger partial charge in [0, 0.05) is 31.6 Å². The van der Waals surface area contributed by atoms with Gasteiger partial charge in [-0.05, 0) is 44.9 Å². The summed E-state index contributed by atoms with van der Waals surface area (Å²) in [5.74, 6) is 2.84. The number of hydrogen-bond donors (Lipinski definition) is 1. The number of aryl methyl sites for hydroxylation is 2. The molecule has 0 unspecified atom stereocenters. The molecule has 4 rings (SSSR count). The minimum Gasteiger partial charge on any atom is -0.383 e. The summed E-state index contributed by atoms with van der Waals surface area (Å²) in [7, 11) is 1.74. The Kier molecular flexibility index (Phi) is 5.21. The zero-order valence-corrected chi connectivity index (χ0v) is 16.5. The van der Waals surface area contributed by atoms with Crippen molar-refractivity contribution in [1.82, 2.24) is 24.7 Å². The van der Waals surface area contributed by atoms with E-state index in [-0.39, 0.29) is 0 Å². The van der Waals surface area contributed by atoms with Crippen LogP contribution in [0.3, 0.4) is 0 Å². The summed E-state index contributed by atoms with van der Waals surface area (Å²) in [6, 6.07) is 10.0. The summed E-state index contributed by atoms with van der Waals surface area (Å²) >= 11 is 0. The predicted molar refractivity (Wildman–Crippen MR) is 108 cm³/mol. The summed E-state index contributed by atoms with van der Waals surface area (Å²) in [4.78, 5) is 16.2. The Hall–Kier alpha value is -3.00. The van der Waals surface area contributed by atoms with Gasteiger partial charge in [-0.2, -0.15) is 15.1 Å². The first-order chi connectivity index (χ1) is 13.6. The molecule has 28 heavy (non-hydrogen) atoms. The van der Waals surface area contributed by atoms with Crippen molar-refractivity contribution >= 4 is 17.5 Å². The van der Waals surface area contributed by atoms with E-state index >= 15 is 0 Å². The second-order valence-electron chi connectivity index (χ2n) is 7.04. The maximum atomic E-state index is 5.41. The third-order valence-electron chi connectivity index (χ3n) is 4.85. The molecule has 1 atom stereocenters. The van der Waals surface area contributed by atoms with Crippen LogP contribution in [0.5, 0.6) is 0 Å². The first-order valence-corrected chi connectivity index (χ1v) is 9.50. The van der Waals surface area contributed by atoms with Crippen LogP contribution in [0.2, 0.25) is 0 Å². The van der Waals surface area contributed by atoms with Gasteiger partial charge in [0.25, 0.3) is 5.95 Å². The average molecular weight is 379 g/mol. The highest BCUT2D eigenvalue weighted by molar-refractivity contribution is 5.58. The molecule has 1 fully saturated rings. The van der Waals surface area contributed by atoms with Crippen molar-refractivity contribution in [2.45, 2.75) is 32.7 Å². The van der Waals surface area contributed by atoms with Gasteiger partial charge in [-0.1, -0.05) is 6.07 Å². The monoisotopic (exact) mass is 379 g/mol. The van der Waals surface area contributed by atoms with Crippen LogP contribution in [0.15, 0.2) is 36.5 Å². The van der Waals surface area contributed by atoms with E-state index in [2.05, 4.69) is 20.3 Å². The second-order valence-corrected chi connectivity index (χ2v) is 7.04. The van der Waals surface area contributed by atoms with Crippen molar-refractivity contribution in [3.05, 3.63) is 47.9 Å². The van der Waals surface area contributed by atoms with Gasteiger partial charge in [0.2, 0.25) is 0 Å². The normalized spacial score (nSPS) is 16.5. The Morgan fingerprint density at radius 3 is 2.79 bits per heavy atom. The zero-order chi connectivity index (χ0) is 19.5. The largest absolute Gasteiger partial charge is 0.383 e. The lowest BCUT2D eigenvalue weighted by atomic mass is 10.2. The maximum absolute atomic E-state index is 5.41. The molecule has 0 spiro atoms. The number of ether oxygens (including phenoxy) is 1. The molecule has 1 aliphatic heterocycles. The van der Waals surface area contributed by atoms with E-state index in [9.17, 15) is 0 Å². The highest BCUT2D eigenvalue weighted by Crippen LogP contribution is 2.27. The number of nitrogens with one attached hydrogen (secondary N) is 1. The fraction of sp³-hybridized carbons (Fsp3) is 0.400. The Morgan fingerprint density at radius 2 is 2.07 bits per heavy atom. The van der Waals surface area contributed by atoms with E-state index in [1.54, 1.807) is 18.0 Å². The van der Waals surface area contributed by atoms with Crippen LogP contribution in [0.25, 0.3) is 5.95 Å². The van der Waals surface area contributed by atoms with Crippen LogP contribution < -0.4 is 10.2 Å². The first kappa shape index (κ1) is 18.4. The topological polar surface area (TPSA) is 81.0 Å². The molecule has 0 bridgehead atoms. The molecule has 0 saturated carbocycles. The van der Waals surface area contributed by atoms with Crippen LogP contribution >= 0.6 is 0 Å². The fourth-order valence-electron chi connectivity index (χ4n) is 3.63. The molecule has 3 aromatic rings. The lowest BCUT2D eigenvalue weighted by molar-refractivity contribution is 0.180. The number of methoxy groups -OCH3 is 1. The van der Waals surface area contributed by atoms with Gasteiger partial charge in [0.15, 0.2) is 0 Å². The smallest absolute Gasteiger partial charge is 0.254 e. The summed E-state index contributed by atoms with van der Waals surface area (Å²) < 4.78 is 7.19. The van der Waals surface area contributed by atoms with Crippen LogP contribution in [0.4, 0.5) is 17.5 Å². The molecule has 0 amide bonds. The highest BCUT2D eigenvalue weighted by Gasteiger charge is 2.27. The Balaban J connectivity index is 1.75. The molecular weight excluding hydrogens is 354 g/mol. The lowest BCUT2D eigenvalue weighted by Crippen LogP contribution is -2.33. The Morgan fingerprint density at radius 1 is 1.18 bits per heavy atom. The standard InChI is InChI=1S/C20H25N7O/c1-14-11-15(2)27(25-14)20-23-18(22-17-8-4-5-9-21-17)12-19(24-20)26-10-6-7-16(26)13-28-3/h4-5,8-9,11-12,16H,6-7,10,13H2,1-3H3,(H,21,22,23,24)/t16-/m1/s1. The SMILES string of the molecule is COC[C@H]1CCCN1c1cc(Nc2ccccn2)nc(-n2nc(C)cc2C)n1. The number of pyridine rings is 1. The third kappa shape index (κ3) is 3.82. The Labute approximate surface area is 164 Å². The zero-order valence-electron chi connectivity index (χ0n) is 16.5. The summed E-state index contributed by atoms with van der Waals surface area (Å²) in [6.45, 7) is 5.60.